The minimum atomic E-state index is -0.285. The molecule has 0 bridgehead atoms. The first-order valence-corrected chi connectivity index (χ1v) is 10.8. The summed E-state index contributed by atoms with van der Waals surface area (Å²) < 4.78 is 26.1. The molecule has 1 aromatic heterocycles. The smallest absolute Gasteiger partial charge is 0.255 e. The van der Waals surface area contributed by atoms with Crippen molar-refractivity contribution in [3.63, 3.8) is 0 Å². The summed E-state index contributed by atoms with van der Waals surface area (Å²) in [5.41, 5.74) is 0.788. The van der Waals surface area contributed by atoms with Crippen molar-refractivity contribution in [2.75, 3.05) is 69.4 Å². The van der Waals surface area contributed by atoms with Crippen molar-refractivity contribution in [1.82, 2.24) is 14.5 Å². The Morgan fingerprint density at radius 1 is 1.09 bits per heavy atom. The first-order chi connectivity index (χ1) is 15.6. The monoisotopic (exact) mass is 445 g/mol. The second-order valence-electron chi connectivity index (χ2n) is 7.82. The number of rotatable bonds is 6. The Bertz CT molecular complexity index is 1000. The predicted molar refractivity (Wildman–Crippen MR) is 117 cm³/mol. The van der Waals surface area contributed by atoms with E-state index < -0.39 is 0 Å². The van der Waals surface area contributed by atoms with Gasteiger partial charge in [-0.15, -0.1) is 0 Å². The van der Waals surface area contributed by atoms with Crippen molar-refractivity contribution >= 4 is 17.5 Å². The molecule has 0 N–H and O–H groups in total. The van der Waals surface area contributed by atoms with E-state index in [9.17, 15) is 14.0 Å². The Labute approximate surface area is 186 Å². The number of carbonyl (C=O) groups is 1. The van der Waals surface area contributed by atoms with Gasteiger partial charge < -0.3 is 24.2 Å². The average Bonchev–Trinajstić information content (AvgIpc) is 2.82. The molecule has 32 heavy (non-hydrogen) atoms. The number of piperazine rings is 1. The SMILES string of the molecule is COCc1cc(=O)n(CC(=O)N2CCN(c3ccccc3F)CC2)c(N2CCOCC2)n1. The van der Waals surface area contributed by atoms with Gasteiger partial charge in [-0.1, -0.05) is 12.1 Å². The fraction of sp³-hybridized carbons (Fsp3) is 0.500. The maximum absolute atomic E-state index is 14.1. The first kappa shape index (κ1) is 22.2. The molecule has 2 aromatic rings. The molecule has 2 aliphatic heterocycles. The lowest BCUT2D eigenvalue weighted by molar-refractivity contribution is -0.132. The van der Waals surface area contributed by atoms with Crippen LogP contribution in [0.2, 0.25) is 0 Å². The molecule has 9 nitrogen and oxygen atoms in total. The molecule has 0 radical (unpaired) electrons. The summed E-state index contributed by atoms with van der Waals surface area (Å²) in [6.07, 6.45) is 0. The van der Waals surface area contributed by atoms with Gasteiger partial charge in [-0.2, -0.15) is 0 Å². The Morgan fingerprint density at radius 2 is 1.81 bits per heavy atom. The number of anilines is 2. The van der Waals surface area contributed by atoms with Crippen LogP contribution < -0.4 is 15.4 Å². The minimum Gasteiger partial charge on any atom is -0.378 e. The van der Waals surface area contributed by atoms with Crippen molar-refractivity contribution in [2.24, 2.45) is 0 Å². The molecule has 0 unspecified atom stereocenters. The van der Waals surface area contributed by atoms with E-state index in [0.717, 1.165) is 0 Å². The van der Waals surface area contributed by atoms with Gasteiger partial charge in [0.2, 0.25) is 11.9 Å². The molecule has 0 aliphatic carbocycles. The number of halogens is 1. The van der Waals surface area contributed by atoms with Gasteiger partial charge in [-0.05, 0) is 12.1 Å². The van der Waals surface area contributed by atoms with Gasteiger partial charge in [0.25, 0.3) is 5.56 Å². The fourth-order valence-corrected chi connectivity index (χ4v) is 4.06. The van der Waals surface area contributed by atoms with Gasteiger partial charge in [0.05, 0.1) is 31.2 Å². The predicted octanol–water partition coefficient (Wildman–Crippen LogP) is 0.714. The number of amides is 1. The normalized spacial score (nSPS) is 17.0. The maximum atomic E-state index is 14.1. The van der Waals surface area contributed by atoms with Crippen LogP contribution in [0.5, 0.6) is 0 Å². The van der Waals surface area contributed by atoms with E-state index in [4.69, 9.17) is 9.47 Å². The lowest BCUT2D eigenvalue weighted by Gasteiger charge is -2.36. The molecule has 10 heteroatoms. The summed E-state index contributed by atoms with van der Waals surface area (Å²) in [4.78, 5) is 36.1. The Balaban J connectivity index is 1.48. The molecule has 0 atom stereocenters. The number of ether oxygens (including phenoxy) is 2. The highest BCUT2D eigenvalue weighted by Gasteiger charge is 2.25. The molecule has 0 saturated carbocycles. The number of hydrogen-bond donors (Lipinski definition) is 0. The zero-order chi connectivity index (χ0) is 22.5. The molecule has 172 valence electrons. The van der Waals surface area contributed by atoms with Crippen molar-refractivity contribution < 1.29 is 18.7 Å². The van der Waals surface area contributed by atoms with Gasteiger partial charge in [-0.25, -0.2) is 9.37 Å². The highest BCUT2D eigenvalue weighted by atomic mass is 19.1. The molecule has 3 heterocycles. The summed E-state index contributed by atoms with van der Waals surface area (Å²) in [5.74, 6) is 0.0403. The largest absolute Gasteiger partial charge is 0.378 e. The summed E-state index contributed by atoms with van der Waals surface area (Å²) in [5, 5.41) is 0. The van der Waals surface area contributed by atoms with E-state index in [2.05, 4.69) is 4.98 Å². The van der Waals surface area contributed by atoms with Crippen LogP contribution in [0.15, 0.2) is 35.1 Å². The van der Waals surface area contributed by atoms with Crippen LogP contribution in [0.3, 0.4) is 0 Å². The highest BCUT2D eigenvalue weighted by molar-refractivity contribution is 5.76. The van der Waals surface area contributed by atoms with E-state index >= 15 is 0 Å². The third-order valence-electron chi connectivity index (χ3n) is 5.75. The lowest BCUT2D eigenvalue weighted by Crippen LogP contribution is -2.50. The number of methoxy groups -OCH3 is 1. The third kappa shape index (κ3) is 4.91. The summed E-state index contributed by atoms with van der Waals surface area (Å²) in [6, 6.07) is 8.06. The van der Waals surface area contributed by atoms with Gasteiger partial charge in [0, 0.05) is 52.4 Å². The minimum absolute atomic E-state index is 0.0918. The number of benzene rings is 1. The summed E-state index contributed by atoms with van der Waals surface area (Å²) in [7, 11) is 1.55. The third-order valence-corrected chi connectivity index (χ3v) is 5.75. The average molecular weight is 445 g/mol. The molecule has 2 fully saturated rings. The van der Waals surface area contributed by atoms with Gasteiger partial charge in [0.1, 0.15) is 12.4 Å². The van der Waals surface area contributed by atoms with Crippen LogP contribution in [-0.4, -0.2) is 80.0 Å². The van der Waals surface area contributed by atoms with E-state index in [0.29, 0.717) is 69.8 Å². The Hall–Kier alpha value is -2.98. The Morgan fingerprint density at radius 3 is 2.50 bits per heavy atom. The van der Waals surface area contributed by atoms with Crippen LogP contribution in [-0.2, 0) is 27.4 Å². The second-order valence-corrected chi connectivity index (χ2v) is 7.82. The number of nitrogens with zero attached hydrogens (tertiary/aromatic N) is 5. The zero-order valence-electron chi connectivity index (χ0n) is 18.2. The van der Waals surface area contributed by atoms with Crippen LogP contribution in [0.4, 0.5) is 16.0 Å². The van der Waals surface area contributed by atoms with E-state index in [1.807, 2.05) is 9.80 Å². The van der Waals surface area contributed by atoms with Crippen LogP contribution in [0, 0.1) is 5.82 Å². The molecule has 0 spiro atoms. The molecule has 2 saturated heterocycles. The van der Waals surface area contributed by atoms with E-state index in [1.54, 1.807) is 30.2 Å². The molecule has 2 aliphatic rings. The highest BCUT2D eigenvalue weighted by Crippen LogP contribution is 2.20. The second kappa shape index (κ2) is 10.1. The standard InChI is InChI=1S/C22H28FN5O4/c1-31-16-17-14-20(29)28(22(24-17)27-10-12-32-13-11-27)15-21(30)26-8-6-25(7-9-26)19-5-3-2-4-18(19)23/h2-5,14H,6-13,15-16H2,1H3. The quantitative estimate of drug-likeness (QED) is 0.648. The topological polar surface area (TPSA) is 80.1 Å². The van der Waals surface area contributed by atoms with Crippen LogP contribution in [0.1, 0.15) is 5.69 Å². The number of morpholine rings is 1. The molecule has 4 rings (SSSR count). The van der Waals surface area contributed by atoms with Crippen LogP contribution >= 0.6 is 0 Å². The Kier molecular flexibility index (Phi) is 7.01. The number of hydrogen-bond acceptors (Lipinski definition) is 7. The van der Waals surface area contributed by atoms with Gasteiger partial charge >= 0.3 is 0 Å². The van der Waals surface area contributed by atoms with Gasteiger partial charge in [-0.3, -0.25) is 14.2 Å². The molecular weight excluding hydrogens is 417 g/mol. The van der Waals surface area contributed by atoms with Crippen molar-refractivity contribution in [1.29, 1.82) is 0 Å². The molecule has 1 aromatic carbocycles. The number of aromatic nitrogens is 2. The van der Waals surface area contributed by atoms with Crippen molar-refractivity contribution in [3.05, 3.63) is 52.2 Å². The van der Waals surface area contributed by atoms with Gasteiger partial charge in [0.15, 0.2) is 0 Å². The van der Waals surface area contributed by atoms with Crippen molar-refractivity contribution in [2.45, 2.75) is 13.2 Å². The lowest BCUT2D eigenvalue weighted by atomic mass is 10.2. The summed E-state index contributed by atoms with van der Waals surface area (Å²) >= 11 is 0. The molecule has 1 amide bonds. The van der Waals surface area contributed by atoms with E-state index in [-0.39, 0.29) is 30.4 Å². The summed E-state index contributed by atoms with van der Waals surface area (Å²) in [6.45, 7) is 4.38. The van der Waals surface area contributed by atoms with E-state index in [1.165, 1.54) is 16.7 Å². The maximum Gasteiger partial charge on any atom is 0.255 e. The zero-order valence-corrected chi connectivity index (χ0v) is 18.2. The van der Waals surface area contributed by atoms with Crippen molar-refractivity contribution in [3.8, 4) is 0 Å². The van der Waals surface area contributed by atoms with Crippen LogP contribution in [0.25, 0.3) is 0 Å². The first-order valence-electron chi connectivity index (χ1n) is 10.8. The fourth-order valence-electron chi connectivity index (χ4n) is 4.06. The molecular formula is C22H28FN5O4. The number of carbonyl (C=O) groups excluding carboxylic acids is 1. The number of para-hydroxylation sites is 1.